The lowest BCUT2D eigenvalue weighted by molar-refractivity contribution is -0.870. The smallest absolute Gasteiger partial charge is 0.408 e. The summed E-state index contributed by atoms with van der Waals surface area (Å²) in [6.07, 6.45) is 17.7. The van der Waals surface area contributed by atoms with Crippen molar-refractivity contribution in [1.82, 2.24) is 29.8 Å². The highest BCUT2D eigenvalue weighted by atomic mass is 35.5. The quantitative estimate of drug-likeness (QED) is 0.0575. The fourth-order valence-corrected chi connectivity index (χ4v) is 13.7. The molecule has 5 amide bonds. The Labute approximate surface area is 610 Å². The van der Waals surface area contributed by atoms with Crippen molar-refractivity contribution in [3.8, 4) is 0 Å². The first-order valence-electron chi connectivity index (χ1n) is 36.2. The first-order chi connectivity index (χ1) is 45.9. The average Bonchev–Trinajstić information content (AvgIpc) is 0.867. The van der Waals surface area contributed by atoms with Gasteiger partial charge in [0.05, 0.1) is 55.4 Å². The number of ether oxygens (including phenoxy) is 1. The number of benzene rings is 4. The highest BCUT2D eigenvalue weighted by molar-refractivity contribution is 5.82. The maximum Gasteiger partial charge on any atom is 0.408 e. The Morgan fingerprint density at radius 3 is 0.990 bits per heavy atom. The molecule has 4 fully saturated rings. The third-order valence-electron chi connectivity index (χ3n) is 20.7. The highest BCUT2D eigenvalue weighted by Gasteiger charge is 2.39. The van der Waals surface area contributed by atoms with Crippen molar-refractivity contribution in [3.05, 3.63) is 144 Å². The monoisotopic (exact) mass is 1410 g/mol. The summed E-state index contributed by atoms with van der Waals surface area (Å²) in [7, 11) is 16.6. The van der Waals surface area contributed by atoms with E-state index in [1.54, 1.807) is 20.8 Å². The minimum Gasteiger partial charge on any atom is -1.00 e. The number of nitrogens with zero attached hydrogens (tertiary/aromatic N) is 7. The van der Waals surface area contributed by atoms with Crippen LogP contribution in [0.2, 0.25) is 0 Å². The Morgan fingerprint density at radius 2 is 0.727 bits per heavy atom. The number of quaternary nitrogens is 2. The van der Waals surface area contributed by atoms with Crippen LogP contribution < -0.4 is 53.1 Å². The molecule has 4 heterocycles. The van der Waals surface area contributed by atoms with E-state index in [4.69, 9.17) is 27.7 Å². The van der Waals surface area contributed by atoms with Crippen LogP contribution >= 0.6 is 0 Å². The number of rotatable bonds is 26. The van der Waals surface area contributed by atoms with Crippen LogP contribution in [0.15, 0.2) is 121 Å². The maximum atomic E-state index is 12.5. The predicted molar refractivity (Wildman–Crippen MR) is 396 cm³/mol. The molecule has 0 radical (unpaired) electrons. The Balaban J connectivity index is 0.000000342. The van der Waals surface area contributed by atoms with Gasteiger partial charge in [-0.25, -0.2) is 4.79 Å². The van der Waals surface area contributed by atoms with Crippen molar-refractivity contribution in [2.75, 3.05) is 161 Å². The van der Waals surface area contributed by atoms with E-state index in [0.717, 1.165) is 179 Å². The number of alkyl carbamates (subject to hydrolysis) is 1. The van der Waals surface area contributed by atoms with Gasteiger partial charge in [-0.15, -0.1) is 0 Å². The third kappa shape index (κ3) is 32.5. The van der Waals surface area contributed by atoms with Crippen molar-refractivity contribution >= 4 is 29.7 Å². The molecule has 0 spiro atoms. The standard InChI is InChI=1S/C21H33N3O3.C21H36N3O.C19H32N3O.C18H29N3O.2ClH/c1-20(2,3)27-19(26)23-15-18(25)24-13-11-21(16-22,12-14-24)10-9-17-7-5-4-6-8-17;1-24(2,3)17-7-10-20(25)23-15-13-21(18-22,14-16-23)12-11-19-8-5-4-6-9-19;1-22(2,3)15-18(23)21-13-11-19(16-20,12-14-21)10-9-17-7-5-4-6-8-17;1-20(2)14-17(22)21-12-10-18(15-19,11-13-21)9-8-16-6-4-3-5-7-16;;/h4-8H,9-16,22H2,1-3H3,(H,23,26);4-6,8-9H,7,10-18,22H2,1-3H3;4-8H,9-16,20H2,1-3H3;3-7H,8-15,19H2,1-2H3;2*1H/q;2*+1;;;/p-2. The summed E-state index contributed by atoms with van der Waals surface area (Å²) in [5.41, 5.74) is 30.0. The van der Waals surface area contributed by atoms with Gasteiger partial charge in [0.1, 0.15) is 12.1 Å². The average molecular weight is 1410 g/mol. The molecule has 0 atom stereocenters. The lowest BCUT2D eigenvalue weighted by Crippen LogP contribution is -3.00. The number of amides is 5. The largest absolute Gasteiger partial charge is 1.00 e. The zero-order chi connectivity index (χ0) is 71.2. The van der Waals surface area contributed by atoms with Crippen molar-refractivity contribution in [3.63, 3.8) is 0 Å². The summed E-state index contributed by atoms with van der Waals surface area (Å²) in [4.78, 5) is 70.9. The molecule has 4 aromatic carbocycles. The van der Waals surface area contributed by atoms with Gasteiger partial charge in [-0.2, -0.15) is 0 Å². The number of likely N-dealkylation sites (N-methyl/N-ethyl adjacent to an activating group) is 2. The van der Waals surface area contributed by atoms with E-state index in [2.05, 4.69) is 168 Å². The van der Waals surface area contributed by atoms with E-state index >= 15 is 0 Å². The van der Waals surface area contributed by atoms with E-state index in [1.165, 1.54) is 22.3 Å². The lowest BCUT2D eigenvalue weighted by Gasteiger charge is -2.42. The number of halogens is 2. The predicted octanol–water partition coefficient (Wildman–Crippen LogP) is 3.03. The van der Waals surface area contributed by atoms with Gasteiger partial charge in [-0.3, -0.25) is 19.2 Å². The van der Waals surface area contributed by atoms with E-state index in [1.807, 2.05) is 39.8 Å². The van der Waals surface area contributed by atoms with E-state index in [-0.39, 0.29) is 70.7 Å². The second-order valence-corrected chi connectivity index (χ2v) is 31.9. The van der Waals surface area contributed by atoms with E-state index in [0.29, 0.717) is 49.5 Å². The minimum absolute atomic E-state index is 0. The summed E-state index contributed by atoms with van der Waals surface area (Å²) in [5, 5.41) is 2.54. The summed E-state index contributed by atoms with van der Waals surface area (Å²) < 4.78 is 6.77. The molecule has 9 N–H and O–H groups in total. The molecule has 4 aliphatic rings. The summed E-state index contributed by atoms with van der Waals surface area (Å²) in [5.74, 6) is 0.751. The molecule has 18 nitrogen and oxygen atoms in total. The van der Waals surface area contributed by atoms with Gasteiger partial charge in [-0.05, 0) is 208 Å². The van der Waals surface area contributed by atoms with Crippen molar-refractivity contribution in [1.29, 1.82) is 0 Å². The summed E-state index contributed by atoms with van der Waals surface area (Å²) in [6, 6.07) is 42.3. The zero-order valence-electron chi connectivity index (χ0n) is 62.7. The molecule has 8 rings (SSSR count). The number of aryl methyl sites for hydroxylation is 4. The zero-order valence-corrected chi connectivity index (χ0v) is 64.2. The van der Waals surface area contributed by atoms with E-state index in [9.17, 15) is 24.0 Å². The molecule has 99 heavy (non-hydrogen) atoms. The first-order valence-corrected chi connectivity index (χ1v) is 36.2. The number of nitrogens with one attached hydrogen (secondary N) is 1. The normalized spacial score (nSPS) is 17.1. The number of carbonyl (C=O) groups is 5. The van der Waals surface area contributed by atoms with Gasteiger partial charge in [0.25, 0.3) is 5.91 Å². The third-order valence-corrected chi connectivity index (χ3v) is 20.7. The Morgan fingerprint density at radius 1 is 0.444 bits per heavy atom. The Kier molecular flexibility index (Phi) is 37.7. The number of likely N-dealkylation sites (tertiary alicyclic amines) is 4. The number of piperidine rings is 4. The molecule has 0 unspecified atom stereocenters. The highest BCUT2D eigenvalue weighted by Crippen LogP contribution is 2.39. The first kappa shape index (κ1) is 87.5. The van der Waals surface area contributed by atoms with Crippen molar-refractivity contribution in [2.24, 2.45) is 44.6 Å². The van der Waals surface area contributed by atoms with Crippen molar-refractivity contribution in [2.45, 2.75) is 142 Å². The minimum atomic E-state index is -0.572. The molecule has 0 bridgehead atoms. The number of hydrogen-bond acceptors (Lipinski definition) is 11. The van der Waals surface area contributed by atoms with Crippen LogP contribution in [0.4, 0.5) is 4.79 Å². The molecule has 0 aliphatic carbocycles. The van der Waals surface area contributed by atoms with Crippen LogP contribution in [-0.2, 0) is 49.6 Å². The second kappa shape index (κ2) is 42.7. The van der Waals surface area contributed by atoms with Crippen LogP contribution in [-0.4, -0.2) is 230 Å². The van der Waals surface area contributed by atoms with Gasteiger partial charge in [0, 0.05) is 65.2 Å². The van der Waals surface area contributed by atoms with Crippen LogP contribution in [0.1, 0.15) is 133 Å². The SMILES string of the molecule is CC(C)(C)OC(=O)NCC(=O)N1CCC(CN)(CCc2ccccc2)CC1.CN(C)CC(=O)N1CCC(CN)(CCc2ccccc2)CC1.C[N+](C)(C)CC(=O)N1CCC(CN)(CCc2ccccc2)CC1.C[N+](C)(C)CCCC(=O)N1CCC(CN)(CCc2ccccc2)CC1.[Cl-].[Cl-]. The van der Waals surface area contributed by atoms with Gasteiger partial charge in [0.2, 0.25) is 17.7 Å². The number of nitrogens with two attached hydrogens (primary N) is 4. The fraction of sp³-hybridized carbons (Fsp3) is 0.633. The van der Waals surface area contributed by atoms with Gasteiger partial charge < -0.3 is 91.3 Å². The molecular weight excluding hydrogens is 1280 g/mol. The number of carbonyl (C=O) groups excluding carboxylic acids is 5. The van der Waals surface area contributed by atoms with Crippen molar-refractivity contribution < 1.29 is 62.5 Å². The number of hydrogen-bond donors (Lipinski definition) is 5. The summed E-state index contributed by atoms with van der Waals surface area (Å²) in [6.45, 7) is 16.8. The van der Waals surface area contributed by atoms with Gasteiger partial charge >= 0.3 is 6.09 Å². The molecule has 556 valence electrons. The molecule has 4 aliphatic heterocycles. The second-order valence-electron chi connectivity index (χ2n) is 31.9. The van der Waals surface area contributed by atoms with Crippen LogP contribution in [0, 0.1) is 21.7 Å². The van der Waals surface area contributed by atoms with Crippen LogP contribution in [0.5, 0.6) is 0 Å². The molecular formula is C79H130Cl2N12O6. The Hall–Kier alpha value is -5.67. The molecule has 0 aromatic heterocycles. The molecule has 20 heteroatoms. The van der Waals surface area contributed by atoms with Crippen LogP contribution in [0.3, 0.4) is 0 Å². The fourth-order valence-electron chi connectivity index (χ4n) is 13.7. The molecule has 4 saturated heterocycles. The maximum absolute atomic E-state index is 12.5. The van der Waals surface area contributed by atoms with Gasteiger partial charge in [0.15, 0.2) is 6.54 Å². The topological polar surface area (TPSA) is 227 Å². The Bertz CT molecular complexity index is 2910. The molecule has 0 saturated carbocycles. The van der Waals surface area contributed by atoms with Crippen LogP contribution in [0.25, 0.3) is 0 Å². The lowest BCUT2D eigenvalue weighted by atomic mass is 9.74. The van der Waals surface area contributed by atoms with Gasteiger partial charge in [-0.1, -0.05) is 121 Å². The molecule has 4 aromatic rings. The summed E-state index contributed by atoms with van der Waals surface area (Å²) >= 11 is 0. The van der Waals surface area contributed by atoms with E-state index < -0.39 is 11.7 Å².